The van der Waals surface area contributed by atoms with Gasteiger partial charge in [0.05, 0.1) is 6.61 Å². The molecule has 1 N–H and O–H groups in total. The van der Waals surface area contributed by atoms with Crippen molar-refractivity contribution in [1.29, 1.82) is 0 Å². The number of halogens is 1. The second-order valence-corrected chi connectivity index (χ2v) is 4.74. The molecule has 0 bridgehead atoms. The molecule has 17 heavy (non-hydrogen) atoms. The molecule has 0 atom stereocenters. The van der Waals surface area contributed by atoms with Crippen molar-refractivity contribution >= 4 is 0 Å². The van der Waals surface area contributed by atoms with E-state index in [0.717, 1.165) is 31.6 Å². The third-order valence-electron chi connectivity index (χ3n) is 3.45. The number of likely N-dealkylation sites (tertiary alicyclic amines) is 1. The van der Waals surface area contributed by atoms with Crippen LogP contribution in [0.2, 0.25) is 0 Å². The van der Waals surface area contributed by atoms with Crippen LogP contribution in [0, 0.1) is 5.82 Å². The average Bonchev–Trinajstić information content (AvgIpc) is 2.38. The maximum Gasteiger partial charge on any atom is 0.126 e. The number of nitrogens with zero attached hydrogens (tertiary/aromatic N) is 1. The fourth-order valence-electron chi connectivity index (χ4n) is 2.35. The van der Waals surface area contributed by atoms with Crippen molar-refractivity contribution in [2.75, 3.05) is 19.6 Å². The summed E-state index contributed by atoms with van der Waals surface area (Å²) in [4.78, 5) is 2.41. The van der Waals surface area contributed by atoms with Crippen molar-refractivity contribution in [2.24, 2.45) is 0 Å². The van der Waals surface area contributed by atoms with Gasteiger partial charge in [-0.3, -0.25) is 0 Å². The summed E-state index contributed by atoms with van der Waals surface area (Å²) in [6.45, 7) is 3.14. The maximum absolute atomic E-state index is 13.7. The van der Waals surface area contributed by atoms with Crippen LogP contribution in [0.3, 0.4) is 0 Å². The van der Waals surface area contributed by atoms with Gasteiger partial charge in [0.25, 0.3) is 0 Å². The van der Waals surface area contributed by atoms with Gasteiger partial charge in [0.1, 0.15) is 5.82 Å². The van der Waals surface area contributed by atoms with Crippen LogP contribution in [0.1, 0.15) is 30.4 Å². The van der Waals surface area contributed by atoms with Gasteiger partial charge in [-0.25, -0.2) is 4.39 Å². The van der Waals surface area contributed by atoms with Crippen LogP contribution in [-0.4, -0.2) is 29.6 Å². The van der Waals surface area contributed by atoms with Gasteiger partial charge in [0.2, 0.25) is 0 Å². The molecule has 1 aromatic carbocycles. The molecule has 0 aromatic heterocycles. The van der Waals surface area contributed by atoms with Crippen molar-refractivity contribution in [3.8, 4) is 0 Å². The topological polar surface area (TPSA) is 23.5 Å². The van der Waals surface area contributed by atoms with E-state index < -0.39 is 0 Å². The second kappa shape index (κ2) is 6.12. The molecule has 0 spiro atoms. The highest BCUT2D eigenvalue weighted by Gasteiger charge is 2.11. The molecule has 1 heterocycles. The lowest BCUT2D eigenvalue weighted by molar-refractivity contribution is 0.231. The lowest BCUT2D eigenvalue weighted by atomic mass is 10.1. The average molecular weight is 237 g/mol. The lowest BCUT2D eigenvalue weighted by Gasteiger charge is -2.26. The Labute approximate surface area is 102 Å². The van der Waals surface area contributed by atoms with E-state index in [0.29, 0.717) is 5.56 Å². The van der Waals surface area contributed by atoms with Gasteiger partial charge < -0.3 is 10.0 Å². The fraction of sp³-hybridized carbons (Fsp3) is 0.571. The number of hydrogen-bond donors (Lipinski definition) is 1. The first kappa shape index (κ1) is 12.5. The van der Waals surface area contributed by atoms with Crippen LogP contribution in [0.25, 0.3) is 0 Å². The van der Waals surface area contributed by atoms with E-state index >= 15 is 0 Å². The third-order valence-corrected chi connectivity index (χ3v) is 3.45. The van der Waals surface area contributed by atoms with E-state index in [9.17, 15) is 4.39 Å². The summed E-state index contributed by atoms with van der Waals surface area (Å²) in [5.74, 6) is -0.187. The van der Waals surface area contributed by atoms with E-state index in [1.165, 1.54) is 25.3 Å². The van der Waals surface area contributed by atoms with Crippen molar-refractivity contribution in [1.82, 2.24) is 4.90 Å². The molecule has 1 fully saturated rings. The molecule has 0 unspecified atom stereocenters. The Balaban J connectivity index is 1.89. The minimum absolute atomic E-state index is 0.0939. The van der Waals surface area contributed by atoms with Crippen molar-refractivity contribution < 1.29 is 9.50 Å². The number of rotatable bonds is 4. The summed E-state index contributed by atoms with van der Waals surface area (Å²) in [5, 5.41) is 8.91. The molecule has 0 aliphatic carbocycles. The SMILES string of the molecule is OCc1ccc(CCN2CCCCC2)c(F)c1. The normalized spacial score (nSPS) is 17.3. The standard InChI is InChI=1S/C14H20FNO/c15-14-10-12(11-17)4-5-13(14)6-9-16-7-2-1-3-8-16/h4-5,10,17H,1-3,6-9,11H2. The van der Waals surface area contributed by atoms with Crippen LogP contribution in [0.5, 0.6) is 0 Å². The van der Waals surface area contributed by atoms with E-state index in [4.69, 9.17) is 5.11 Å². The highest BCUT2D eigenvalue weighted by Crippen LogP contribution is 2.14. The van der Waals surface area contributed by atoms with Gasteiger partial charge in [-0.1, -0.05) is 18.6 Å². The summed E-state index contributed by atoms with van der Waals surface area (Å²) in [6, 6.07) is 5.03. The second-order valence-electron chi connectivity index (χ2n) is 4.74. The van der Waals surface area contributed by atoms with Crippen LogP contribution >= 0.6 is 0 Å². The molecular weight excluding hydrogens is 217 g/mol. The fourth-order valence-corrected chi connectivity index (χ4v) is 2.35. The summed E-state index contributed by atoms with van der Waals surface area (Å²) in [6.07, 6.45) is 4.63. The molecule has 1 aliphatic heterocycles. The number of hydrogen-bond acceptors (Lipinski definition) is 2. The van der Waals surface area contributed by atoms with E-state index in [-0.39, 0.29) is 12.4 Å². The summed E-state index contributed by atoms with van der Waals surface area (Å²) >= 11 is 0. The lowest BCUT2D eigenvalue weighted by Crippen LogP contribution is -2.31. The first-order valence-electron chi connectivity index (χ1n) is 6.40. The predicted molar refractivity (Wildman–Crippen MR) is 66.3 cm³/mol. The first-order chi connectivity index (χ1) is 8.29. The number of aliphatic hydroxyl groups is 1. The van der Waals surface area contributed by atoms with Gasteiger partial charge in [-0.2, -0.15) is 0 Å². The minimum atomic E-state index is -0.187. The Bertz CT molecular complexity index is 361. The molecule has 1 aliphatic rings. The Morgan fingerprint density at radius 1 is 1.18 bits per heavy atom. The Hall–Kier alpha value is -0.930. The van der Waals surface area contributed by atoms with Gasteiger partial charge >= 0.3 is 0 Å². The van der Waals surface area contributed by atoms with Gasteiger partial charge in [0, 0.05) is 6.54 Å². The molecule has 0 amide bonds. The van der Waals surface area contributed by atoms with Crippen LogP contribution in [0.15, 0.2) is 18.2 Å². The van der Waals surface area contributed by atoms with Crippen molar-refractivity contribution in [3.63, 3.8) is 0 Å². The van der Waals surface area contributed by atoms with Gasteiger partial charge in [0.15, 0.2) is 0 Å². The molecule has 1 saturated heterocycles. The third kappa shape index (κ3) is 3.51. The molecule has 2 rings (SSSR count). The molecule has 0 saturated carbocycles. The van der Waals surface area contributed by atoms with Gasteiger partial charge in [-0.05, 0) is 49.5 Å². The van der Waals surface area contributed by atoms with Crippen molar-refractivity contribution in [3.05, 3.63) is 35.1 Å². The molecular formula is C14H20FNO. The van der Waals surface area contributed by atoms with E-state index in [1.54, 1.807) is 12.1 Å². The van der Waals surface area contributed by atoms with E-state index in [2.05, 4.69) is 4.90 Å². The summed E-state index contributed by atoms with van der Waals surface area (Å²) < 4.78 is 13.7. The quantitative estimate of drug-likeness (QED) is 0.869. The van der Waals surface area contributed by atoms with Crippen molar-refractivity contribution in [2.45, 2.75) is 32.3 Å². The highest BCUT2D eigenvalue weighted by atomic mass is 19.1. The number of piperidine rings is 1. The zero-order valence-corrected chi connectivity index (χ0v) is 10.2. The summed E-state index contributed by atoms with van der Waals surface area (Å²) in [5.41, 5.74) is 1.40. The Morgan fingerprint density at radius 3 is 2.59 bits per heavy atom. The number of benzene rings is 1. The monoisotopic (exact) mass is 237 g/mol. The molecule has 3 heteroatoms. The molecule has 1 aromatic rings. The smallest absolute Gasteiger partial charge is 0.126 e. The zero-order chi connectivity index (χ0) is 12.1. The van der Waals surface area contributed by atoms with Crippen LogP contribution in [0.4, 0.5) is 4.39 Å². The van der Waals surface area contributed by atoms with Crippen LogP contribution in [-0.2, 0) is 13.0 Å². The zero-order valence-electron chi connectivity index (χ0n) is 10.2. The molecule has 0 radical (unpaired) electrons. The predicted octanol–water partition coefficient (Wildman–Crippen LogP) is 2.35. The Kier molecular flexibility index (Phi) is 4.51. The molecule has 94 valence electrons. The highest BCUT2D eigenvalue weighted by molar-refractivity contribution is 5.24. The summed E-state index contributed by atoms with van der Waals surface area (Å²) in [7, 11) is 0. The van der Waals surface area contributed by atoms with E-state index in [1.807, 2.05) is 0 Å². The maximum atomic E-state index is 13.7. The van der Waals surface area contributed by atoms with Crippen LogP contribution < -0.4 is 0 Å². The largest absolute Gasteiger partial charge is 0.392 e. The number of aliphatic hydroxyl groups excluding tert-OH is 1. The molecule has 2 nitrogen and oxygen atoms in total. The first-order valence-corrected chi connectivity index (χ1v) is 6.40. The minimum Gasteiger partial charge on any atom is -0.392 e. The van der Waals surface area contributed by atoms with Gasteiger partial charge in [-0.15, -0.1) is 0 Å². The Morgan fingerprint density at radius 2 is 1.94 bits per heavy atom.